The third-order valence-corrected chi connectivity index (χ3v) is 5.74. The number of thiazole rings is 1. The second kappa shape index (κ2) is 8.28. The summed E-state index contributed by atoms with van der Waals surface area (Å²) in [6.45, 7) is 3.95. The van der Waals surface area contributed by atoms with Gasteiger partial charge in [0.25, 0.3) is 0 Å². The Morgan fingerprint density at radius 2 is 2.21 bits per heavy atom. The smallest absolute Gasteiger partial charge is 0.248 e. The molecule has 4 nitrogen and oxygen atoms in total. The maximum Gasteiger partial charge on any atom is 0.248 e. The molecule has 0 aliphatic heterocycles. The van der Waals surface area contributed by atoms with Crippen molar-refractivity contribution < 1.29 is 9.53 Å². The number of halogens is 1. The molecule has 1 amide bonds. The van der Waals surface area contributed by atoms with Gasteiger partial charge in [-0.2, -0.15) is 4.99 Å². The molecular weight excluding hydrogens is 344 g/mol. The Labute approximate surface area is 151 Å². The largest absolute Gasteiger partial charge is 0.380 e. The normalized spacial score (nSPS) is 16.3. The number of rotatable bonds is 6. The topological polar surface area (TPSA) is 43.6 Å². The van der Waals surface area contributed by atoms with Gasteiger partial charge in [0.2, 0.25) is 5.91 Å². The van der Waals surface area contributed by atoms with E-state index in [0.717, 1.165) is 27.9 Å². The molecule has 0 radical (unpaired) electrons. The highest BCUT2D eigenvalue weighted by Gasteiger charge is 2.18. The number of aromatic nitrogens is 1. The van der Waals surface area contributed by atoms with Crippen molar-refractivity contribution in [3.8, 4) is 0 Å². The van der Waals surface area contributed by atoms with Gasteiger partial charge in [-0.05, 0) is 43.9 Å². The van der Waals surface area contributed by atoms with Crippen LogP contribution in [0.1, 0.15) is 39.0 Å². The molecule has 2 aromatic rings. The molecule has 130 valence electrons. The van der Waals surface area contributed by atoms with Gasteiger partial charge < -0.3 is 9.30 Å². The SMILES string of the molecule is CCOCCn1c(=NC(=O)CC2CCCC2)sc2cc(Cl)ccc21. The summed E-state index contributed by atoms with van der Waals surface area (Å²) in [5.41, 5.74) is 1.05. The van der Waals surface area contributed by atoms with Crippen LogP contribution in [0.4, 0.5) is 0 Å². The molecule has 0 atom stereocenters. The molecule has 1 aliphatic carbocycles. The average molecular weight is 367 g/mol. The van der Waals surface area contributed by atoms with Crippen LogP contribution < -0.4 is 4.80 Å². The van der Waals surface area contributed by atoms with Gasteiger partial charge in [0, 0.05) is 24.6 Å². The predicted molar refractivity (Wildman–Crippen MR) is 98.5 cm³/mol. The first-order chi connectivity index (χ1) is 11.7. The van der Waals surface area contributed by atoms with E-state index in [1.165, 1.54) is 24.2 Å². The van der Waals surface area contributed by atoms with Gasteiger partial charge in [0.1, 0.15) is 0 Å². The van der Waals surface area contributed by atoms with Gasteiger partial charge in [-0.25, -0.2) is 0 Å². The lowest BCUT2D eigenvalue weighted by Crippen LogP contribution is -2.20. The molecule has 3 rings (SSSR count). The third kappa shape index (κ3) is 4.26. The number of nitrogens with zero attached hydrogens (tertiary/aromatic N) is 2. The molecule has 0 bridgehead atoms. The molecule has 24 heavy (non-hydrogen) atoms. The zero-order chi connectivity index (χ0) is 16.9. The first-order valence-electron chi connectivity index (χ1n) is 8.61. The molecular formula is C18H23ClN2O2S. The molecule has 1 aliphatic rings. The lowest BCUT2D eigenvalue weighted by molar-refractivity contribution is -0.118. The minimum atomic E-state index is -0.00953. The Kier molecular flexibility index (Phi) is 6.09. The summed E-state index contributed by atoms with van der Waals surface area (Å²) in [5.74, 6) is 0.506. The summed E-state index contributed by atoms with van der Waals surface area (Å²) in [6, 6.07) is 5.79. The van der Waals surface area contributed by atoms with Gasteiger partial charge in [0.15, 0.2) is 4.80 Å². The quantitative estimate of drug-likeness (QED) is 0.711. The molecule has 1 aromatic carbocycles. The summed E-state index contributed by atoms with van der Waals surface area (Å²) >= 11 is 7.62. The number of benzene rings is 1. The number of amides is 1. The van der Waals surface area contributed by atoms with Crippen LogP contribution in [0, 0.1) is 5.92 Å². The van der Waals surface area contributed by atoms with Crippen LogP contribution in [0.3, 0.4) is 0 Å². The van der Waals surface area contributed by atoms with E-state index in [4.69, 9.17) is 16.3 Å². The van der Waals surface area contributed by atoms with Crippen molar-refractivity contribution >= 4 is 39.1 Å². The highest BCUT2D eigenvalue weighted by molar-refractivity contribution is 7.16. The van der Waals surface area contributed by atoms with E-state index in [1.54, 1.807) is 0 Å². The van der Waals surface area contributed by atoms with Crippen LogP contribution in [-0.2, 0) is 16.1 Å². The summed E-state index contributed by atoms with van der Waals surface area (Å²) in [5, 5.41) is 0.699. The summed E-state index contributed by atoms with van der Waals surface area (Å²) < 4.78 is 8.59. The van der Waals surface area contributed by atoms with Crippen LogP contribution >= 0.6 is 22.9 Å². The van der Waals surface area contributed by atoms with E-state index in [-0.39, 0.29) is 5.91 Å². The molecule has 6 heteroatoms. The van der Waals surface area contributed by atoms with Crippen molar-refractivity contribution in [2.75, 3.05) is 13.2 Å². The van der Waals surface area contributed by atoms with Gasteiger partial charge in [0.05, 0.1) is 16.8 Å². The van der Waals surface area contributed by atoms with E-state index in [2.05, 4.69) is 9.56 Å². The van der Waals surface area contributed by atoms with Crippen molar-refractivity contribution in [1.82, 2.24) is 4.57 Å². The zero-order valence-electron chi connectivity index (χ0n) is 14.0. The maximum absolute atomic E-state index is 12.4. The third-order valence-electron chi connectivity index (χ3n) is 4.47. The standard InChI is InChI=1S/C18H23ClN2O2S/c1-2-23-10-9-21-15-8-7-14(19)12-16(15)24-18(21)20-17(22)11-13-5-3-4-6-13/h7-8,12-13H,2-6,9-11H2,1H3. The average Bonchev–Trinajstić information content (AvgIpc) is 3.15. The Bertz CT molecular complexity index is 775. The number of hydrogen-bond acceptors (Lipinski definition) is 3. The van der Waals surface area contributed by atoms with E-state index >= 15 is 0 Å². The second-order valence-corrected chi connectivity index (χ2v) is 7.65. The molecule has 1 aromatic heterocycles. The molecule has 0 unspecified atom stereocenters. The minimum absolute atomic E-state index is 0.00953. The Morgan fingerprint density at radius 3 is 2.96 bits per heavy atom. The first kappa shape index (κ1) is 17.6. The summed E-state index contributed by atoms with van der Waals surface area (Å²) in [7, 11) is 0. The molecule has 0 N–H and O–H groups in total. The molecule has 1 fully saturated rings. The Hall–Kier alpha value is -1.17. The minimum Gasteiger partial charge on any atom is -0.380 e. The van der Waals surface area contributed by atoms with Crippen molar-refractivity contribution in [3.63, 3.8) is 0 Å². The first-order valence-corrected chi connectivity index (χ1v) is 9.81. The van der Waals surface area contributed by atoms with Crippen LogP contribution in [0.15, 0.2) is 23.2 Å². The van der Waals surface area contributed by atoms with Gasteiger partial charge >= 0.3 is 0 Å². The fraction of sp³-hybridized carbons (Fsp3) is 0.556. The van der Waals surface area contributed by atoms with Crippen LogP contribution in [0.5, 0.6) is 0 Å². The van der Waals surface area contributed by atoms with Gasteiger partial charge in [-0.15, -0.1) is 0 Å². The number of carbonyl (C=O) groups excluding carboxylic acids is 1. The highest BCUT2D eigenvalue weighted by Crippen LogP contribution is 2.28. The predicted octanol–water partition coefficient (Wildman–Crippen LogP) is 4.40. The van der Waals surface area contributed by atoms with E-state index in [9.17, 15) is 4.79 Å². The number of hydrogen-bond donors (Lipinski definition) is 0. The fourth-order valence-electron chi connectivity index (χ4n) is 3.26. The number of fused-ring (bicyclic) bond motifs is 1. The summed E-state index contributed by atoms with van der Waals surface area (Å²) in [6.07, 6.45) is 5.38. The van der Waals surface area contributed by atoms with Crippen molar-refractivity contribution in [1.29, 1.82) is 0 Å². The lowest BCUT2D eigenvalue weighted by atomic mass is 10.0. The second-order valence-electron chi connectivity index (χ2n) is 6.21. The Morgan fingerprint density at radius 1 is 1.42 bits per heavy atom. The van der Waals surface area contributed by atoms with Crippen LogP contribution in [-0.4, -0.2) is 23.7 Å². The number of ether oxygens (including phenoxy) is 1. The molecule has 1 saturated carbocycles. The Balaban J connectivity index is 1.90. The van der Waals surface area contributed by atoms with Gasteiger partial charge in [-0.1, -0.05) is 35.8 Å². The van der Waals surface area contributed by atoms with E-state index < -0.39 is 0 Å². The lowest BCUT2D eigenvalue weighted by Gasteiger charge is -2.06. The van der Waals surface area contributed by atoms with Crippen molar-refractivity contribution in [2.24, 2.45) is 10.9 Å². The van der Waals surface area contributed by atoms with Crippen LogP contribution in [0.2, 0.25) is 5.02 Å². The zero-order valence-corrected chi connectivity index (χ0v) is 15.5. The molecule has 1 heterocycles. The fourth-order valence-corrected chi connectivity index (χ4v) is 4.61. The van der Waals surface area contributed by atoms with E-state index in [0.29, 0.717) is 37.1 Å². The van der Waals surface area contributed by atoms with Crippen molar-refractivity contribution in [3.05, 3.63) is 28.0 Å². The van der Waals surface area contributed by atoms with Crippen LogP contribution in [0.25, 0.3) is 10.2 Å². The monoisotopic (exact) mass is 366 g/mol. The van der Waals surface area contributed by atoms with Gasteiger partial charge in [-0.3, -0.25) is 4.79 Å². The van der Waals surface area contributed by atoms with Crippen molar-refractivity contribution in [2.45, 2.75) is 45.6 Å². The number of carbonyl (C=O) groups is 1. The molecule has 0 spiro atoms. The molecule has 0 saturated heterocycles. The van der Waals surface area contributed by atoms with E-state index in [1.807, 2.05) is 25.1 Å². The summed E-state index contributed by atoms with van der Waals surface area (Å²) in [4.78, 5) is 17.5. The maximum atomic E-state index is 12.4. The highest BCUT2D eigenvalue weighted by atomic mass is 35.5.